The topological polar surface area (TPSA) is 95.7 Å². The fourth-order valence-corrected chi connectivity index (χ4v) is 4.05. The average molecular weight is 285 g/mol. The fourth-order valence-electron chi connectivity index (χ4n) is 2.34. The van der Waals surface area contributed by atoms with Gasteiger partial charge in [-0.05, 0) is 30.9 Å². The number of nitrogens with two attached hydrogens (primary N) is 1. The van der Waals surface area contributed by atoms with Crippen LogP contribution in [0.15, 0.2) is 29.2 Å². The molecule has 1 fully saturated rings. The standard InChI is InChI=1S/C12H19N3O3S/c13-14-11-5-1-2-6-12(11)19(17,18)15-7-3-4-10(8-15)9-16/h1-2,5-6,10,14,16H,3-4,7-9,13H2. The smallest absolute Gasteiger partial charge is 0.245 e. The summed E-state index contributed by atoms with van der Waals surface area (Å²) < 4.78 is 26.6. The van der Waals surface area contributed by atoms with E-state index in [-0.39, 0.29) is 17.4 Å². The van der Waals surface area contributed by atoms with Crippen molar-refractivity contribution >= 4 is 15.7 Å². The molecule has 2 rings (SSSR count). The molecule has 106 valence electrons. The van der Waals surface area contributed by atoms with E-state index < -0.39 is 10.0 Å². The van der Waals surface area contributed by atoms with Crippen LogP contribution < -0.4 is 11.3 Å². The number of nitrogens with one attached hydrogen (secondary N) is 1. The number of nitrogen functional groups attached to an aromatic ring is 1. The van der Waals surface area contributed by atoms with Crippen molar-refractivity contribution in [3.05, 3.63) is 24.3 Å². The van der Waals surface area contributed by atoms with Crippen LogP contribution in [0, 0.1) is 5.92 Å². The number of aliphatic hydroxyl groups is 1. The SMILES string of the molecule is NNc1ccccc1S(=O)(=O)N1CCCC(CO)C1. The summed E-state index contributed by atoms with van der Waals surface area (Å²) in [4.78, 5) is 0.177. The summed E-state index contributed by atoms with van der Waals surface area (Å²) in [5.41, 5.74) is 2.79. The van der Waals surface area contributed by atoms with Crippen LogP contribution in [-0.4, -0.2) is 37.5 Å². The molecule has 6 nitrogen and oxygen atoms in total. The number of aliphatic hydroxyl groups excluding tert-OH is 1. The number of hydrogen-bond donors (Lipinski definition) is 3. The van der Waals surface area contributed by atoms with E-state index >= 15 is 0 Å². The highest BCUT2D eigenvalue weighted by Crippen LogP contribution is 2.27. The maximum Gasteiger partial charge on any atom is 0.245 e. The van der Waals surface area contributed by atoms with Gasteiger partial charge in [-0.3, -0.25) is 5.84 Å². The zero-order valence-electron chi connectivity index (χ0n) is 10.6. The Labute approximate surface area is 113 Å². The van der Waals surface area contributed by atoms with E-state index in [4.69, 9.17) is 5.84 Å². The van der Waals surface area contributed by atoms with Crippen molar-refractivity contribution in [3.63, 3.8) is 0 Å². The van der Waals surface area contributed by atoms with Gasteiger partial charge >= 0.3 is 0 Å². The summed E-state index contributed by atoms with van der Waals surface area (Å²) in [6, 6.07) is 6.55. The van der Waals surface area contributed by atoms with Crippen molar-refractivity contribution in [1.82, 2.24) is 4.31 Å². The Kier molecular flexibility index (Phi) is 4.41. The quantitative estimate of drug-likeness (QED) is 0.548. The van der Waals surface area contributed by atoms with Crippen LogP contribution in [0.2, 0.25) is 0 Å². The predicted molar refractivity (Wildman–Crippen MR) is 72.8 cm³/mol. The summed E-state index contributed by atoms with van der Waals surface area (Å²) in [6.45, 7) is 0.859. The number of nitrogens with zero attached hydrogens (tertiary/aromatic N) is 1. The zero-order valence-corrected chi connectivity index (χ0v) is 11.4. The highest BCUT2D eigenvalue weighted by Gasteiger charge is 2.31. The van der Waals surface area contributed by atoms with E-state index in [0.717, 1.165) is 12.8 Å². The summed E-state index contributed by atoms with van der Waals surface area (Å²) in [7, 11) is -3.57. The largest absolute Gasteiger partial charge is 0.396 e. The molecule has 1 saturated heterocycles. The lowest BCUT2D eigenvalue weighted by Gasteiger charge is -2.31. The number of piperidine rings is 1. The van der Waals surface area contributed by atoms with E-state index in [0.29, 0.717) is 18.8 Å². The van der Waals surface area contributed by atoms with Gasteiger partial charge in [-0.15, -0.1) is 0 Å². The monoisotopic (exact) mass is 285 g/mol. The van der Waals surface area contributed by atoms with Crippen LogP contribution in [0.5, 0.6) is 0 Å². The van der Waals surface area contributed by atoms with Gasteiger partial charge in [-0.1, -0.05) is 12.1 Å². The Morgan fingerprint density at radius 3 is 2.84 bits per heavy atom. The van der Waals surface area contributed by atoms with Gasteiger partial charge in [0.05, 0.1) is 5.69 Å². The summed E-state index contributed by atoms with van der Waals surface area (Å²) in [6.07, 6.45) is 1.63. The van der Waals surface area contributed by atoms with E-state index in [2.05, 4.69) is 5.43 Å². The Bertz CT molecular complexity index is 533. The third-order valence-electron chi connectivity index (χ3n) is 3.40. The fraction of sp³-hybridized carbons (Fsp3) is 0.500. The van der Waals surface area contributed by atoms with E-state index in [1.54, 1.807) is 18.2 Å². The van der Waals surface area contributed by atoms with Gasteiger partial charge in [0, 0.05) is 19.7 Å². The Morgan fingerprint density at radius 1 is 1.42 bits per heavy atom. The van der Waals surface area contributed by atoms with Crippen molar-refractivity contribution in [2.45, 2.75) is 17.7 Å². The summed E-state index contributed by atoms with van der Waals surface area (Å²) in [5.74, 6) is 5.37. The first-order valence-corrected chi connectivity index (χ1v) is 7.70. The number of para-hydroxylation sites is 1. The lowest BCUT2D eigenvalue weighted by molar-refractivity contribution is 0.165. The van der Waals surface area contributed by atoms with Gasteiger partial charge in [-0.2, -0.15) is 4.31 Å². The number of benzene rings is 1. The number of sulfonamides is 1. The van der Waals surface area contributed by atoms with Crippen molar-refractivity contribution in [2.75, 3.05) is 25.1 Å². The maximum atomic E-state index is 12.6. The minimum atomic E-state index is -3.57. The Balaban J connectivity index is 2.31. The minimum absolute atomic E-state index is 0.0153. The van der Waals surface area contributed by atoms with Crippen molar-refractivity contribution < 1.29 is 13.5 Å². The number of anilines is 1. The molecule has 19 heavy (non-hydrogen) atoms. The van der Waals surface area contributed by atoms with Crippen molar-refractivity contribution in [1.29, 1.82) is 0 Å². The van der Waals surface area contributed by atoms with Crippen LogP contribution in [-0.2, 0) is 10.0 Å². The molecule has 1 aromatic carbocycles. The van der Waals surface area contributed by atoms with Crippen LogP contribution in [0.4, 0.5) is 5.69 Å². The van der Waals surface area contributed by atoms with Crippen LogP contribution in [0.25, 0.3) is 0 Å². The highest BCUT2D eigenvalue weighted by molar-refractivity contribution is 7.89. The average Bonchev–Trinajstić information content (AvgIpc) is 2.47. The molecule has 0 aromatic heterocycles. The van der Waals surface area contributed by atoms with Gasteiger partial charge < -0.3 is 10.5 Å². The number of hydrazine groups is 1. The molecule has 1 aliphatic rings. The van der Waals surface area contributed by atoms with Crippen LogP contribution in [0.3, 0.4) is 0 Å². The molecule has 1 atom stereocenters. The molecule has 0 spiro atoms. The first kappa shape index (κ1) is 14.3. The molecule has 1 heterocycles. The van der Waals surface area contributed by atoms with Gasteiger partial charge in [0.25, 0.3) is 0 Å². The third-order valence-corrected chi connectivity index (χ3v) is 5.32. The second kappa shape index (κ2) is 5.87. The second-order valence-corrected chi connectivity index (χ2v) is 6.60. The lowest BCUT2D eigenvalue weighted by Crippen LogP contribution is -2.41. The van der Waals surface area contributed by atoms with E-state index in [9.17, 15) is 13.5 Å². The van der Waals surface area contributed by atoms with E-state index in [1.807, 2.05) is 0 Å². The molecule has 0 aliphatic carbocycles. The normalized spacial score (nSPS) is 21.3. The number of hydrogen-bond acceptors (Lipinski definition) is 5. The molecule has 4 N–H and O–H groups in total. The molecule has 0 amide bonds. The molecule has 1 aliphatic heterocycles. The lowest BCUT2D eigenvalue weighted by atomic mass is 10.0. The van der Waals surface area contributed by atoms with Gasteiger partial charge in [0.1, 0.15) is 4.90 Å². The van der Waals surface area contributed by atoms with Crippen LogP contribution >= 0.6 is 0 Å². The van der Waals surface area contributed by atoms with Crippen molar-refractivity contribution in [2.24, 2.45) is 11.8 Å². The Hall–Kier alpha value is -1.15. The Morgan fingerprint density at radius 2 is 2.16 bits per heavy atom. The zero-order chi connectivity index (χ0) is 13.9. The molecule has 0 radical (unpaired) electrons. The van der Waals surface area contributed by atoms with Gasteiger partial charge in [-0.25, -0.2) is 8.42 Å². The van der Waals surface area contributed by atoms with E-state index in [1.165, 1.54) is 10.4 Å². The molecule has 1 unspecified atom stereocenters. The number of rotatable bonds is 4. The van der Waals surface area contributed by atoms with Crippen molar-refractivity contribution in [3.8, 4) is 0 Å². The molecule has 7 heteroatoms. The molecule has 1 aromatic rings. The molecule has 0 bridgehead atoms. The first-order valence-electron chi connectivity index (χ1n) is 6.26. The molecular formula is C12H19N3O3S. The van der Waals surface area contributed by atoms with Gasteiger partial charge in [0.2, 0.25) is 10.0 Å². The highest BCUT2D eigenvalue weighted by atomic mass is 32.2. The molecular weight excluding hydrogens is 266 g/mol. The second-order valence-electron chi connectivity index (χ2n) is 4.69. The maximum absolute atomic E-state index is 12.6. The third kappa shape index (κ3) is 2.89. The van der Waals surface area contributed by atoms with Gasteiger partial charge in [0.15, 0.2) is 0 Å². The summed E-state index contributed by atoms with van der Waals surface area (Å²) in [5, 5.41) is 9.19. The first-order chi connectivity index (χ1) is 9.09. The summed E-state index contributed by atoms with van der Waals surface area (Å²) >= 11 is 0. The molecule has 0 saturated carbocycles. The van der Waals surface area contributed by atoms with Crippen LogP contribution in [0.1, 0.15) is 12.8 Å². The predicted octanol–water partition coefficient (Wildman–Crippen LogP) is 0.365. The minimum Gasteiger partial charge on any atom is -0.396 e.